The van der Waals surface area contributed by atoms with Crippen LogP contribution < -0.4 is 5.32 Å². The van der Waals surface area contributed by atoms with Gasteiger partial charge < -0.3 is 5.32 Å². The molecule has 1 nitrogen and oxygen atoms in total. The maximum absolute atomic E-state index is 3.57. The quantitative estimate of drug-likeness (QED) is 0.808. The molecule has 2 heteroatoms. The third kappa shape index (κ3) is 3.92. The zero-order chi connectivity index (χ0) is 13.7. The second kappa shape index (κ2) is 6.88. The minimum Gasteiger partial charge on any atom is -0.306 e. The van der Waals surface area contributed by atoms with Crippen LogP contribution in [0.4, 0.5) is 0 Å². The van der Waals surface area contributed by atoms with E-state index in [1.807, 2.05) is 11.3 Å². The van der Waals surface area contributed by atoms with Crippen LogP contribution in [0, 0.1) is 5.92 Å². The first-order valence-electron chi connectivity index (χ1n) is 7.06. The smallest absolute Gasteiger partial charge is 0.0670 e. The van der Waals surface area contributed by atoms with Gasteiger partial charge in [-0.2, -0.15) is 0 Å². The molecule has 1 heterocycles. The first kappa shape index (κ1) is 14.3. The molecule has 102 valence electrons. The molecule has 2 aromatic rings. The van der Waals surface area contributed by atoms with E-state index in [2.05, 4.69) is 67.9 Å². The highest BCUT2D eigenvalue weighted by Crippen LogP contribution is 2.26. The normalized spacial score (nSPS) is 12.8. The van der Waals surface area contributed by atoms with Gasteiger partial charge in [0, 0.05) is 4.88 Å². The van der Waals surface area contributed by atoms with Gasteiger partial charge in [-0.05, 0) is 41.5 Å². The number of benzene rings is 1. The van der Waals surface area contributed by atoms with E-state index < -0.39 is 0 Å². The van der Waals surface area contributed by atoms with Crippen molar-refractivity contribution >= 4 is 11.3 Å². The van der Waals surface area contributed by atoms with Crippen LogP contribution in [-0.4, -0.2) is 6.54 Å². The minimum atomic E-state index is 0.332. The van der Waals surface area contributed by atoms with Gasteiger partial charge in [-0.25, -0.2) is 0 Å². The Kier molecular flexibility index (Phi) is 5.17. The molecule has 0 aliphatic heterocycles. The molecule has 1 atom stereocenters. The van der Waals surface area contributed by atoms with E-state index in [0.717, 1.165) is 13.0 Å². The van der Waals surface area contributed by atoms with Gasteiger partial charge in [0.15, 0.2) is 0 Å². The van der Waals surface area contributed by atoms with Crippen molar-refractivity contribution in [3.8, 4) is 0 Å². The van der Waals surface area contributed by atoms with E-state index in [-0.39, 0.29) is 0 Å². The van der Waals surface area contributed by atoms with Crippen LogP contribution in [0.25, 0.3) is 0 Å². The van der Waals surface area contributed by atoms with E-state index in [4.69, 9.17) is 0 Å². The SMILES string of the molecule is CCNC(c1ccc(CC(C)C)cc1)c1cccs1. The number of hydrogen-bond acceptors (Lipinski definition) is 2. The summed E-state index contributed by atoms with van der Waals surface area (Å²) >= 11 is 1.82. The van der Waals surface area contributed by atoms with Crippen LogP contribution in [0.5, 0.6) is 0 Å². The van der Waals surface area contributed by atoms with Gasteiger partial charge in [0.05, 0.1) is 6.04 Å². The van der Waals surface area contributed by atoms with Gasteiger partial charge in [0.2, 0.25) is 0 Å². The zero-order valence-electron chi connectivity index (χ0n) is 12.0. The molecule has 1 unspecified atom stereocenters. The van der Waals surface area contributed by atoms with Gasteiger partial charge in [-0.15, -0.1) is 11.3 Å². The molecule has 0 amide bonds. The molecule has 0 aliphatic carbocycles. The molecule has 1 aromatic heterocycles. The first-order valence-corrected chi connectivity index (χ1v) is 7.94. The van der Waals surface area contributed by atoms with E-state index in [0.29, 0.717) is 12.0 Å². The molecular formula is C17H23NS. The van der Waals surface area contributed by atoms with Crippen LogP contribution in [0.3, 0.4) is 0 Å². The van der Waals surface area contributed by atoms with Gasteiger partial charge in [0.1, 0.15) is 0 Å². The molecule has 0 spiro atoms. The Morgan fingerprint density at radius 1 is 1.11 bits per heavy atom. The Morgan fingerprint density at radius 3 is 2.37 bits per heavy atom. The molecule has 0 radical (unpaired) electrons. The predicted octanol–water partition coefficient (Wildman–Crippen LogP) is 4.65. The van der Waals surface area contributed by atoms with E-state index >= 15 is 0 Å². The van der Waals surface area contributed by atoms with Gasteiger partial charge >= 0.3 is 0 Å². The van der Waals surface area contributed by atoms with Crippen molar-refractivity contribution in [3.05, 3.63) is 57.8 Å². The Morgan fingerprint density at radius 2 is 1.84 bits per heavy atom. The molecule has 1 aromatic carbocycles. The molecule has 0 saturated heterocycles. The topological polar surface area (TPSA) is 12.0 Å². The fourth-order valence-corrected chi connectivity index (χ4v) is 3.19. The summed E-state index contributed by atoms with van der Waals surface area (Å²) in [5, 5.41) is 5.72. The molecule has 0 aliphatic rings. The van der Waals surface area contributed by atoms with Crippen molar-refractivity contribution in [1.29, 1.82) is 0 Å². The monoisotopic (exact) mass is 273 g/mol. The van der Waals surface area contributed by atoms with E-state index in [1.54, 1.807) is 0 Å². The lowest BCUT2D eigenvalue weighted by atomic mass is 9.99. The molecule has 1 N–H and O–H groups in total. The van der Waals surface area contributed by atoms with Crippen molar-refractivity contribution in [2.45, 2.75) is 33.2 Å². The second-order valence-corrected chi connectivity index (χ2v) is 6.32. The second-order valence-electron chi connectivity index (χ2n) is 5.35. The van der Waals surface area contributed by atoms with Crippen molar-refractivity contribution < 1.29 is 0 Å². The average Bonchev–Trinajstić information content (AvgIpc) is 2.90. The maximum Gasteiger partial charge on any atom is 0.0670 e. The Bertz CT molecular complexity index is 470. The number of thiophene rings is 1. The van der Waals surface area contributed by atoms with E-state index in [9.17, 15) is 0 Å². The molecular weight excluding hydrogens is 250 g/mol. The first-order chi connectivity index (χ1) is 9.20. The van der Waals surface area contributed by atoms with Crippen LogP contribution in [0.15, 0.2) is 41.8 Å². The third-order valence-corrected chi connectivity index (χ3v) is 4.13. The largest absolute Gasteiger partial charge is 0.306 e. The lowest BCUT2D eigenvalue weighted by Crippen LogP contribution is -2.21. The molecule has 2 rings (SSSR count). The minimum absolute atomic E-state index is 0.332. The highest BCUT2D eigenvalue weighted by atomic mass is 32.1. The number of rotatable bonds is 6. The summed E-state index contributed by atoms with van der Waals surface area (Å²) in [6, 6.07) is 13.7. The molecule has 0 bridgehead atoms. The maximum atomic E-state index is 3.57. The third-order valence-electron chi connectivity index (χ3n) is 3.19. The van der Waals surface area contributed by atoms with Crippen LogP contribution in [0.2, 0.25) is 0 Å². The Labute approximate surface area is 120 Å². The summed E-state index contributed by atoms with van der Waals surface area (Å²) in [6.45, 7) is 7.67. The van der Waals surface area contributed by atoms with Gasteiger partial charge in [-0.3, -0.25) is 0 Å². The Balaban J connectivity index is 2.18. The fraction of sp³-hybridized carbons (Fsp3) is 0.412. The van der Waals surface area contributed by atoms with Gasteiger partial charge in [0.25, 0.3) is 0 Å². The molecule has 19 heavy (non-hydrogen) atoms. The number of nitrogens with one attached hydrogen (secondary N) is 1. The Hall–Kier alpha value is -1.12. The van der Waals surface area contributed by atoms with Gasteiger partial charge in [-0.1, -0.05) is 51.1 Å². The van der Waals surface area contributed by atoms with Crippen molar-refractivity contribution in [2.75, 3.05) is 6.54 Å². The standard InChI is InChI=1S/C17H23NS/c1-4-18-17(16-6-5-11-19-16)15-9-7-14(8-10-15)12-13(2)3/h5-11,13,17-18H,4,12H2,1-3H3. The van der Waals surface area contributed by atoms with E-state index in [1.165, 1.54) is 16.0 Å². The predicted molar refractivity (Wildman–Crippen MR) is 84.8 cm³/mol. The van der Waals surface area contributed by atoms with Crippen molar-refractivity contribution in [1.82, 2.24) is 5.32 Å². The molecule has 0 fully saturated rings. The summed E-state index contributed by atoms with van der Waals surface area (Å²) in [4.78, 5) is 1.39. The van der Waals surface area contributed by atoms with Crippen molar-refractivity contribution in [3.63, 3.8) is 0 Å². The number of hydrogen-bond donors (Lipinski definition) is 1. The summed E-state index contributed by atoms with van der Waals surface area (Å²) in [7, 11) is 0. The van der Waals surface area contributed by atoms with Crippen LogP contribution in [-0.2, 0) is 6.42 Å². The summed E-state index contributed by atoms with van der Waals surface area (Å²) in [5.41, 5.74) is 2.79. The van der Waals surface area contributed by atoms with Crippen LogP contribution >= 0.6 is 11.3 Å². The summed E-state index contributed by atoms with van der Waals surface area (Å²) in [5.74, 6) is 0.715. The summed E-state index contributed by atoms with van der Waals surface area (Å²) < 4.78 is 0. The zero-order valence-corrected chi connectivity index (χ0v) is 12.8. The fourth-order valence-electron chi connectivity index (χ4n) is 2.36. The highest BCUT2D eigenvalue weighted by molar-refractivity contribution is 7.10. The van der Waals surface area contributed by atoms with Crippen LogP contribution in [0.1, 0.15) is 42.8 Å². The lowest BCUT2D eigenvalue weighted by Gasteiger charge is -2.17. The van der Waals surface area contributed by atoms with Crippen molar-refractivity contribution in [2.24, 2.45) is 5.92 Å². The lowest BCUT2D eigenvalue weighted by molar-refractivity contribution is 0.635. The highest BCUT2D eigenvalue weighted by Gasteiger charge is 2.13. The summed E-state index contributed by atoms with van der Waals surface area (Å²) in [6.07, 6.45) is 1.16. The average molecular weight is 273 g/mol. The molecule has 0 saturated carbocycles.